The Morgan fingerprint density at radius 2 is 2.14 bits per heavy atom. The fourth-order valence-corrected chi connectivity index (χ4v) is 0.960. The lowest BCUT2D eigenvalue weighted by molar-refractivity contribution is -0.127. The molecule has 2 N–H and O–H groups in total. The van der Waals surface area contributed by atoms with Crippen LogP contribution in [-0.2, 0) is 9.53 Å². The van der Waals surface area contributed by atoms with E-state index in [1.807, 2.05) is 20.8 Å². The van der Waals surface area contributed by atoms with Gasteiger partial charge in [0.05, 0.1) is 12.2 Å². The number of hydrogen-bond acceptors (Lipinski definition) is 3. The van der Waals surface area contributed by atoms with Crippen molar-refractivity contribution in [1.82, 2.24) is 5.32 Å². The molecule has 0 aromatic heterocycles. The molecular formula is C10H21NO3. The fourth-order valence-electron chi connectivity index (χ4n) is 0.960. The monoisotopic (exact) mass is 203 g/mol. The van der Waals surface area contributed by atoms with Crippen LogP contribution in [0.1, 0.15) is 33.6 Å². The SMILES string of the molecule is CCCC(O)CNC(=O)COC(C)C. The number of aliphatic hydroxyl groups excluding tert-OH is 1. The molecule has 0 fully saturated rings. The van der Waals surface area contributed by atoms with Crippen molar-refractivity contribution in [2.75, 3.05) is 13.2 Å². The third-order valence-electron chi connectivity index (χ3n) is 1.70. The zero-order valence-corrected chi connectivity index (χ0v) is 9.25. The first kappa shape index (κ1) is 13.4. The Morgan fingerprint density at radius 3 is 2.64 bits per heavy atom. The van der Waals surface area contributed by atoms with Crippen LogP contribution < -0.4 is 5.32 Å². The first-order valence-corrected chi connectivity index (χ1v) is 5.12. The van der Waals surface area contributed by atoms with E-state index in [1.54, 1.807) is 0 Å². The maximum atomic E-state index is 11.1. The Morgan fingerprint density at radius 1 is 1.50 bits per heavy atom. The summed E-state index contributed by atoms with van der Waals surface area (Å²) in [5.74, 6) is -0.172. The van der Waals surface area contributed by atoms with Gasteiger partial charge in [0.25, 0.3) is 0 Å². The molecule has 4 heteroatoms. The first-order chi connectivity index (χ1) is 6.56. The first-order valence-electron chi connectivity index (χ1n) is 5.12. The fraction of sp³-hybridized carbons (Fsp3) is 0.900. The summed E-state index contributed by atoms with van der Waals surface area (Å²) in [7, 11) is 0. The van der Waals surface area contributed by atoms with Crippen molar-refractivity contribution in [1.29, 1.82) is 0 Å². The van der Waals surface area contributed by atoms with Gasteiger partial charge in [0.1, 0.15) is 6.61 Å². The summed E-state index contributed by atoms with van der Waals surface area (Å²) >= 11 is 0. The van der Waals surface area contributed by atoms with Gasteiger partial charge in [-0.1, -0.05) is 13.3 Å². The highest BCUT2D eigenvalue weighted by Crippen LogP contribution is 1.93. The van der Waals surface area contributed by atoms with Gasteiger partial charge in [0.15, 0.2) is 0 Å². The molecule has 14 heavy (non-hydrogen) atoms. The lowest BCUT2D eigenvalue weighted by atomic mass is 10.2. The van der Waals surface area contributed by atoms with Gasteiger partial charge in [-0.05, 0) is 20.3 Å². The zero-order valence-electron chi connectivity index (χ0n) is 9.25. The van der Waals surface area contributed by atoms with Crippen LogP contribution in [0.2, 0.25) is 0 Å². The zero-order chi connectivity index (χ0) is 11.0. The van der Waals surface area contributed by atoms with Crippen LogP contribution in [0.15, 0.2) is 0 Å². The number of nitrogens with one attached hydrogen (secondary N) is 1. The second-order valence-electron chi connectivity index (χ2n) is 3.61. The molecule has 0 aliphatic heterocycles. The molecule has 0 saturated heterocycles. The predicted molar refractivity (Wildman–Crippen MR) is 55.0 cm³/mol. The van der Waals surface area contributed by atoms with Crippen molar-refractivity contribution in [2.24, 2.45) is 0 Å². The largest absolute Gasteiger partial charge is 0.391 e. The van der Waals surface area contributed by atoms with Crippen LogP contribution in [0.25, 0.3) is 0 Å². The lowest BCUT2D eigenvalue weighted by Crippen LogP contribution is -2.35. The standard InChI is InChI=1S/C10H21NO3/c1-4-5-9(12)6-11-10(13)7-14-8(2)3/h8-9,12H,4-7H2,1-3H3,(H,11,13). The molecular weight excluding hydrogens is 182 g/mol. The molecule has 0 aliphatic rings. The number of rotatable bonds is 7. The molecule has 1 unspecified atom stereocenters. The Labute approximate surface area is 85.6 Å². The van der Waals surface area contributed by atoms with Crippen LogP contribution in [0.4, 0.5) is 0 Å². The van der Waals surface area contributed by atoms with E-state index >= 15 is 0 Å². The van der Waals surface area contributed by atoms with E-state index in [0.717, 1.165) is 6.42 Å². The van der Waals surface area contributed by atoms with E-state index in [-0.39, 0.29) is 18.6 Å². The topological polar surface area (TPSA) is 58.6 Å². The van der Waals surface area contributed by atoms with E-state index in [2.05, 4.69) is 5.32 Å². The molecule has 0 bridgehead atoms. The number of ether oxygens (including phenoxy) is 1. The van der Waals surface area contributed by atoms with Crippen molar-refractivity contribution in [3.8, 4) is 0 Å². The molecule has 84 valence electrons. The molecule has 0 radical (unpaired) electrons. The summed E-state index contributed by atoms with van der Waals surface area (Å²) in [6.45, 7) is 6.12. The summed E-state index contributed by atoms with van der Waals surface area (Å²) < 4.78 is 5.10. The van der Waals surface area contributed by atoms with Crippen molar-refractivity contribution in [3.63, 3.8) is 0 Å². The van der Waals surface area contributed by atoms with Gasteiger partial charge < -0.3 is 15.2 Å². The van der Waals surface area contributed by atoms with Crippen LogP contribution in [0.3, 0.4) is 0 Å². The molecule has 0 rings (SSSR count). The maximum absolute atomic E-state index is 11.1. The van der Waals surface area contributed by atoms with Crippen molar-refractivity contribution in [2.45, 2.75) is 45.8 Å². The van der Waals surface area contributed by atoms with E-state index in [1.165, 1.54) is 0 Å². The Hall–Kier alpha value is -0.610. The van der Waals surface area contributed by atoms with Gasteiger partial charge >= 0.3 is 0 Å². The van der Waals surface area contributed by atoms with Gasteiger partial charge in [-0.3, -0.25) is 4.79 Å². The summed E-state index contributed by atoms with van der Waals surface area (Å²) in [4.78, 5) is 11.1. The van der Waals surface area contributed by atoms with Crippen LogP contribution in [0, 0.1) is 0 Å². The minimum atomic E-state index is -0.442. The molecule has 0 aromatic rings. The number of carbonyl (C=O) groups is 1. The highest BCUT2D eigenvalue weighted by molar-refractivity contribution is 5.77. The number of aliphatic hydroxyl groups is 1. The number of carbonyl (C=O) groups excluding carboxylic acids is 1. The van der Waals surface area contributed by atoms with Gasteiger partial charge in [-0.2, -0.15) is 0 Å². The summed E-state index contributed by atoms with van der Waals surface area (Å²) in [5, 5.41) is 11.9. The van der Waals surface area contributed by atoms with Crippen molar-refractivity contribution >= 4 is 5.91 Å². The molecule has 0 aromatic carbocycles. The van der Waals surface area contributed by atoms with Crippen molar-refractivity contribution < 1.29 is 14.6 Å². The molecule has 0 saturated carbocycles. The normalized spacial score (nSPS) is 12.9. The summed E-state index contributed by atoms with van der Waals surface area (Å²) in [5.41, 5.74) is 0. The van der Waals surface area contributed by atoms with E-state index in [4.69, 9.17) is 4.74 Å². The molecule has 0 spiro atoms. The average molecular weight is 203 g/mol. The second kappa shape index (κ2) is 7.76. The van der Waals surface area contributed by atoms with Crippen LogP contribution >= 0.6 is 0 Å². The predicted octanol–water partition coefficient (Wildman–Crippen LogP) is 0.689. The number of amides is 1. The van der Waals surface area contributed by atoms with Gasteiger partial charge in [0.2, 0.25) is 5.91 Å². The Bertz CT molecular complexity index is 159. The summed E-state index contributed by atoms with van der Waals surface area (Å²) in [6, 6.07) is 0. The molecule has 1 amide bonds. The maximum Gasteiger partial charge on any atom is 0.246 e. The van der Waals surface area contributed by atoms with E-state index < -0.39 is 6.10 Å². The molecule has 1 atom stereocenters. The molecule has 4 nitrogen and oxygen atoms in total. The molecule has 0 heterocycles. The van der Waals surface area contributed by atoms with Gasteiger partial charge in [0, 0.05) is 6.54 Å². The van der Waals surface area contributed by atoms with E-state index in [9.17, 15) is 9.90 Å². The van der Waals surface area contributed by atoms with Crippen LogP contribution in [-0.4, -0.2) is 36.4 Å². The average Bonchev–Trinajstić information content (AvgIpc) is 2.12. The highest BCUT2D eigenvalue weighted by atomic mass is 16.5. The minimum Gasteiger partial charge on any atom is -0.391 e. The molecule has 0 aliphatic carbocycles. The summed E-state index contributed by atoms with van der Waals surface area (Å²) in [6.07, 6.45) is 1.24. The van der Waals surface area contributed by atoms with Crippen molar-refractivity contribution in [3.05, 3.63) is 0 Å². The van der Waals surface area contributed by atoms with E-state index in [0.29, 0.717) is 13.0 Å². The lowest BCUT2D eigenvalue weighted by Gasteiger charge is -2.11. The number of hydrogen-bond donors (Lipinski definition) is 2. The quantitative estimate of drug-likeness (QED) is 0.640. The highest BCUT2D eigenvalue weighted by Gasteiger charge is 2.06. The van der Waals surface area contributed by atoms with Gasteiger partial charge in [-0.15, -0.1) is 0 Å². The van der Waals surface area contributed by atoms with Gasteiger partial charge in [-0.25, -0.2) is 0 Å². The minimum absolute atomic E-state index is 0.0568. The third-order valence-corrected chi connectivity index (χ3v) is 1.70. The Balaban J connectivity index is 3.43. The second-order valence-corrected chi connectivity index (χ2v) is 3.61. The third kappa shape index (κ3) is 8.01. The van der Waals surface area contributed by atoms with Crippen LogP contribution in [0.5, 0.6) is 0 Å². The smallest absolute Gasteiger partial charge is 0.246 e. The Kier molecular flexibility index (Phi) is 7.42.